The van der Waals surface area contributed by atoms with Crippen molar-refractivity contribution in [3.05, 3.63) is 29.6 Å². The lowest BCUT2D eigenvalue weighted by Crippen LogP contribution is -2.39. The Labute approximate surface area is 109 Å². The van der Waals surface area contributed by atoms with Crippen molar-refractivity contribution in [2.45, 2.75) is 10.9 Å². The Morgan fingerprint density at radius 1 is 1.59 bits per heavy atom. The van der Waals surface area contributed by atoms with Crippen molar-refractivity contribution in [2.24, 2.45) is 0 Å². The lowest BCUT2D eigenvalue weighted by Gasteiger charge is -2.16. The van der Waals surface area contributed by atoms with E-state index in [1.807, 2.05) is 6.07 Å². The molecule has 0 saturated heterocycles. The lowest BCUT2D eigenvalue weighted by molar-refractivity contribution is 0.300. The van der Waals surface area contributed by atoms with Crippen LogP contribution in [0.25, 0.3) is 0 Å². The number of benzene rings is 1. The standard InChI is InChI=1S/C11H13FN2OS2/c12-8-3-1-2-7-9(6-17-10(7)8)14-11(16)13-4-5-15/h1-3,9,15H,4-6H2,(H2,13,14,16). The molecule has 1 heterocycles. The molecule has 0 spiro atoms. The van der Waals surface area contributed by atoms with Crippen LogP contribution in [-0.2, 0) is 0 Å². The predicted molar refractivity (Wildman–Crippen MR) is 70.7 cm³/mol. The summed E-state index contributed by atoms with van der Waals surface area (Å²) in [6, 6.07) is 5.12. The van der Waals surface area contributed by atoms with Crippen molar-refractivity contribution in [2.75, 3.05) is 18.9 Å². The first-order valence-corrected chi connectivity index (χ1v) is 6.68. The number of aliphatic hydroxyl groups excluding tert-OH is 1. The first kappa shape index (κ1) is 12.6. The molecule has 1 aromatic rings. The van der Waals surface area contributed by atoms with Gasteiger partial charge in [0, 0.05) is 17.2 Å². The summed E-state index contributed by atoms with van der Waals surface area (Å²) in [4.78, 5) is 0.704. The number of rotatable bonds is 3. The minimum Gasteiger partial charge on any atom is -0.395 e. The molecule has 0 amide bonds. The fourth-order valence-electron chi connectivity index (χ4n) is 1.71. The van der Waals surface area contributed by atoms with Crippen LogP contribution >= 0.6 is 24.0 Å². The highest BCUT2D eigenvalue weighted by molar-refractivity contribution is 7.99. The van der Waals surface area contributed by atoms with Crippen LogP contribution in [0.15, 0.2) is 23.1 Å². The smallest absolute Gasteiger partial charge is 0.166 e. The molecule has 0 bridgehead atoms. The number of hydrogen-bond donors (Lipinski definition) is 3. The van der Waals surface area contributed by atoms with Crippen LogP contribution in [-0.4, -0.2) is 29.1 Å². The number of thiocarbonyl (C=S) groups is 1. The summed E-state index contributed by atoms with van der Waals surface area (Å²) < 4.78 is 13.5. The minimum absolute atomic E-state index is 0.0318. The second-order valence-electron chi connectivity index (χ2n) is 3.65. The molecule has 0 aromatic heterocycles. The van der Waals surface area contributed by atoms with Crippen molar-refractivity contribution in [3.8, 4) is 0 Å². The van der Waals surface area contributed by atoms with Gasteiger partial charge >= 0.3 is 0 Å². The Balaban J connectivity index is 2.02. The molecule has 3 N–H and O–H groups in total. The Kier molecular flexibility index (Phi) is 4.20. The fourth-order valence-corrected chi connectivity index (χ4v) is 3.13. The number of hydrogen-bond acceptors (Lipinski definition) is 3. The molecule has 3 nitrogen and oxygen atoms in total. The molecule has 0 saturated carbocycles. The number of nitrogens with one attached hydrogen (secondary N) is 2. The molecule has 0 aliphatic carbocycles. The number of fused-ring (bicyclic) bond motifs is 1. The van der Waals surface area contributed by atoms with Crippen LogP contribution in [0.5, 0.6) is 0 Å². The third-order valence-corrected chi connectivity index (χ3v) is 3.95. The molecular weight excluding hydrogens is 259 g/mol. The minimum atomic E-state index is -0.175. The fraction of sp³-hybridized carbons (Fsp3) is 0.364. The largest absolute Gasteiger partial charge is 0.395 e. The van der Waals surface area contributed by atoms with Gasteiger partial charge in [-0.25, -0.2) is 4.39 Å². The van der Waals surface area contributed by atoms with E-state index in [0.29, 0.717) is 16.6 Å². The molecule has 1 aliphatic heterocycles. The molecule has 6 heteroatoms. The molecule has 92 valence electrons. The zero-order valence-corrected chi connectivity index (χ0v) is 10.7. The second kappa shape index (κ2) is 5.66. The maximum atomic E-state index is 13.5. The van der Waals surface area contributed by atoms with Crippen molar-refractivity contribution in [1.82, 2.24) is 10.6 Å². The highest BCUT2D eigenvalue weighted by Gasteiger charge is 2.25. The SMILES string of the molecule is OCCNC(=S)NC1CSc2c(F)cccc21. The summed E-state index contributed by atoms with van der Waals surface area (Å²) in [6.07, 6.45) is 0. The Morgan fingerprint density at radius 3 is 3.18 bits per heavy atom. The first-order chi connectivity index (χ1) is 8.22. The van der Waals surface area contributed by atoms with Crippen LogP contribution in [0.2, 0.25) is 0 Å². The summed E-state index contributed by atoms with van der Waals surface area (Å²) in [7, 11) is 0. The molecule has 2 rings (SSSR count). The summed E-state index contributed by atoms with van der Waals surface area (Å²) in [6.45, 7) is 0.453. The Hall–Kier alpha value is -0.850. The summed E-state index contributed by atoms with van der Waals surface area (Å²) in [5.41, 5.74) is 0.947. The van der Waals surface area contributed by atoms with E-state index in [1.54, 1.807) is 6.07 Å². The van der Waals surface area contributed by atoms with Crippen LogP contribution in [0.1, 0.15) is 11.6 Å². The van der Waals surface area contributed by atoms with E-state index < -0.39 is 0 Å². The third-order valence-electron chi connectivity index (χ3n) is 2.47. The molecule has 1 unspecified atom stereocenters. The van der Waals surface area contributed by atoms with Crippen molar-refractivity contribution >= 4 is 29.1 Å². The van der Waals surface area contributed by atoms with Gasteiger partial charge in [-0.05, 0) is 23.8 Å². The maximum absolute atomic E-state index is 13.5. The summed E-state index contributed by atoms with van der Waals surface area (Å²) in [5.74, 6) is 0.586. The summed E-state index contributed by atoms with van der Waals surface area (Å²) in [5, 5.41) is 15.1. The van der Waals surface area contributed by atoms with Gasteiger partial charge in [-0.15, -0.1) is 11.8 Å². The van der Waals surface area contributed by atoms with Gasteiger partial charge in [0.2, 0.25) is 0 Å². The molecular formula is C11H13FN2OS2. The van der Waals surface area contributed by atoms with Crippen LogP contribution in [0.4, 0.5) is 4.39 Å². The average Bonchev–Trinajstić information content (AvgIpc) is 2.71. The zero-order chi connectivity index (χ0) is 12.3. The van der Waals surface area contributed by atoms with Gasteiger partial charge in [0.05, 0.1) is 12.6 Å². The quantitative estimate of drug-likeness (QED) is 0.727. The normalized spacial score (nSPS) is 17.6. The first-order valence-electron chi connectivity index (χ1n) is 5.29. The predicted octanol–water partition coefficient (Wildman–Crippen LogP) is 1.43. The molecule has 17 heavy (non-hydrogen) atoms. The zero-order valence-electron chi connectivity index (χ0n) is 9.07. The van der Waals surface area contributed by atoms with E-state index in [2.05, 4.69) is 10.6 Å². The van der Waals surface area contributed by atoms with Crippen LogP contribution in [0, 0.1) is 5.82 Å². The molecule has 0 radical (unpaired) electrons. The van der Waals surface area contributed by atoms with E-state index >= 15 is 0 Å². The van der Waals surface area contributed by atoms with Crippen LogP contribution < -0.4 is 10.6 Å². The monoisotopic (exact) mass is 272 g/mol. The average molecular weight is 272 g/mol. The van der Waals surface area contributed by atoms with E-state index in [9.17, 15) is 4.39 Å². The second-order valence-corrected chi connectivity index (χ2v) is 5.08. The van der Waals surface area contributed by atoms with Gasteiger partial charge in [0.1, 0.15) is 5.82 Å². The van der Waals surface area contributed by atoms with Crippen molar-refractivity contribution < 1.29 is 9.50 Å². The summed E-state index contributed by atoms with van der Waals surface area (Å²) >= 11 is 6.58. The lowest BCUT2D eigenvalue weighted by atomic mass is 10.1. The highest BCUT2D eigenvalue weighted by Crippen LogP contribution is 2.39. The van der Waals surface area contributed by atoms with Crippen molar-refractivity contribution in [1.29, 1.82) is 0 Å². The number of thioether (sulfide) groups is 1. The number of aliphatic hydroxyl groups is 1. The van der Waals surface area contributed by atoms with Gasteiger partial charge in [-0.1, -0.05) is 12.1 Å². The van der Waals surface area contributed by atoms with Gasteiger partial charge in [-0.3, -0.25) is 0 Å². The van der Waals surface area contributed by atoms with Gasteiger partial charge in [0.15, 0.2) is 5.11 Å². The molecule has 1 atom stereocenters. The van der Waals surface area contributed by atoms with E-state index in [1.165, 1.54) is 17.8 Å². The third kappa shape index (κ3) is 2.88. The van der Waals surface area contributed by atoms with Gasteiger partial charge in [-0.2, -0.15) is 0 Å². The molecule has 1 aliphatic rings. The molecule has 0 fully saturated rings. The van der Waals surface area contributed by atoms with Crippen LogP contribution in [0.3, 0.4) is 0 Å². The highest BCUT2D eigenvalue weighted by atomic mass is 32.2. The van der Waals surface area contributed by atoms with Gasteiger partial charge in [0.25, 0.3) is 0 Å². The topological polar surface area (TPSA) is 44.3 Å². The maximum Gasteiger partial charge on any atom is 0.166 e. The van der Waals surface area contributed by atoms with Gasteiger partial charge < -0.3 is 15.7 Å². The number of halogens is 1. The Bertz CT molecular complexity index is 428. The van der Waals surface area contributed by atoms with E-state index in [0.717, 1.165) is 11.3 Å². The van der Waals surface area contributed by atoms with Crippen molar-refractivity contribution in [3.63, 3.8) is 0 Å². The van der Waals surface area contributed by atoms with E-state index in [-0.39, 0.29) is 18.5 Å². The molecule has 1 aromatic carbocycles. The van der Waals surface area contributed by atoms with E-state index in [4.69, 9.17) is 17.3 Å². The Morgan fingerprint density at radius 2 is 2.41 bits per heavy atom.